The van der Waals surface area contributed by atoms with Gasteiger partial charge in [-0.25, -0.2) is 25.6 Å². The van der Waals surface area contributed by atoms with Gasteiger partial charge in [0.05, 0.1) is 60.8 Å². The second-order valence-electron chi connectivity index (χ2n) is 23.5. The number of benzene rings is 4. The standard InChI is InChI=1S/C31H41ClFN3O6S.C31H41ClFN3O5S/c1-24-6-4-9-28(32)30(24)43(39,40)35(27-10-11-27)16-20-41-23-29(37)34-14-12-31(13-15-34,25-7-5-8-26(33)22-25)42-21-19-36(38)17-2-3-18-36;1-24-6-4-9-28(32)30(24)42(38,39)36(27-10-11-27)19-20-40-23-29(37)35-16-12-31(13-17-35,25-7-5-8-26(33)22-25)41-21-18-34-14-2-3-15-34/h4-9,22,27H,2-3,10-21,23H2,1H3;4-9,22,27H,2-3,10-21,23H2,1H3. The van der Waals surface area contributed by atoms with Crippen LogP contribution in [0, 0.1) is 30.7 Å². The highest BCUT2D eigenvalue weighted by molar-refractivity contribution is 7.89. The molecule has 0 aromatic heterocycles. The van der Waals surface area contributed by atoms with E-state index in [1.54, 1.807) is 78.2 Å². The number of nitrogens with zero attached hydrogens (tertiary/aromatic N) is 6. The van der Waals surface area contributed by atoms with Crippen molar-refractivity contribution in [1.29, 1.82) is 0 Å². The van der Waals surface area contributed by atoms with Gasteiger partial charge in [0.2, 0.25) is 31.9 Å². The summed E-state index contributed by atoms with van der Waals surface area (Å²) in [5, 5.41) is 13.2. The van der Waals surface area contributed by atoms with Crippen molar-refractivity contribution in [3.63, 3.8) is 0 Å². The molecule has 4 saturated heterocycles. The van der Waals surface area contributed by atoms with Gasteiger partial charge in [0.1, 0.15) is 41.2 Å². The lowest BCUT2D eigenvalue weighted by atomic mass is 9.84. The fourth-order valence-electron chi connectivity index (χ4n) is 12.4. The molecule has 0 radical (unpaired) electrons. The van der Waals surface area contributed by atoms with E-state index in [0.717, 1.165) is 63.7 Å². The predicted molar refractivity (Wildman–Crippen MR) is 321 cm³/mol. The number of carbonyl (C=O) groups excluding carboxylic acids is 2. The van der Waals surface area contributed by atoms with Crippen molar-refractivity contribution in [2.24, 2.45) is 0 Å². The van der Waals surface area contributed by atoms with Crippen molar-refractivity contribution in [3.8, 4) is 0 Å². The first-order valence-corrected chi connectivity index (χ1v) is 33.7. The average molecular weight is 1260 g/mol. The zero-order valence-electron chi connectivity index (χ0n) is 49.0. The average Bonchev–Trinajstić information content (AvgIpc) is 2.67. The van der Waals surface area contributed by atoms with Crippen LogP contribution in [0.5, 0.6) is 0 Å². The number of sulfonamides is 2. The topological polar surface area (TPSA) is 179 Å². The molecule has 466 valence electrons. The van der Waals surface area contributed by atoms with E-state index in [4.69, 9.17) is 42.1 Å². The SMILES string of the molecule is Cc1cccc(Cl)c1S(=O)(=O)N(CCOCC(=O)N1CCC(OCCN2CCCC2)(c2cccc(F)c2)CC1)C1CC1.Cc1cccc(Cl)c1S(=O)(=O)N(CCOCC(=O)N1CCC(OCC[N+]2([O-])CCCC2)(c2cccc(F)c2)CC1)C1CC1. The number of hydrogen-bond acceptors (Lipinski definition) is 12. The Morgan fingerprint density at radius 2 is 1.01 bits per heavy atom. The van der Waals surface area contributed by atoms with Gasteiger partial charge in [-0.3, -0.25) is 9.59 Å². The van der Waals surface area contributed by atoms with Crippen molar-refractivity contribution in [1.82, 2.24) is 23.3 Å². The maximum atomic E-state index is 14.2. The van der Waals surface area contributed by atoms with E-state index in [9.17, 15) is 40.4 Å². The normalized spacial score (nSPS) is 19.8. The minimum atomic E-state index is -3.82. The van der Waals surface area contributed by atoms with Crippen LogP contribution < -0.4 is 0 Å². The summed E-state index contributed by atoms with van der Waals surface area (Å²) in [6, 6.07) is 22.8. The lowest BCUT2D eigenvalue weighted by Crippen LogP contribution is -2.49. The molecule has 4 heterocycles. The lowest BCUT2D eigenvalue weighted by molar-refractivity contribution is -0.868. The van der Waals surface area contributed by atoms with E-state index in [-0.39, 0.29) is 106 Å². The summed E-state index contributed by atoms with van der Waals surface area (Å²) in [7, 11) is -7.61. The highest BCUT2D eigenvalue weighted by Gasteiger charge is 2.43. The first-order chi connectivity index (χ1) is 40.7. The van der Waals surface area contributed by atoms with Crippen LogP contribution in [-0.2, 0) is 59.8 Å². The van der Waals surface area contributed by atoms with Crippen LogP contribution in [0.1, 0.15) is 99.3 Å². The second-order valence-corrected chi connectivity index (χ2v) is 28.0. The molecule has 0 bridgehead atoms. The van der Waals surface area contributed by atoms with E-state index in [1.165, 1.54) is 39.7 Å². The summed E-state index contributed by atoms with van der Waals surface area (Å²) < 4.78 is 109. The molecule has 6 aliphatic rings. The number of carbonyl (C=O) groups is 2. The summed E-state index contributed by atoms with van der Waals surface area (Å²) >= 11 is 12.6. The van der Waals surface area contributed by atoms with Crippen molar-refractivity contribution in [3.05, 3.63) is 134 Å². The Labute approximate surface area is 510 Å². The zero-order valence-corrected chi connectivity index (χ0v) is 52.1. The third-order valence-corrected chi connectivity index (χ3v) is 22.7. The number of aryl methyl sites for hydroxylation is 2. The first kappa shape index (κ1) is 65.3. The number of piperidine rings is 2. The Morgan fingerprint density at radius 1 is 0.600 bits per heavy atom. The minimum Gasteiger partial charge on any atom is -0.633 e. The Kier molecular flexibility index (Phi) is 22.2. The molecule has 2 saturated carbocycles. The van der Waals surface area contributed by atoms with Crippen molar-refractivity contribution >= 4 is 55.1 Å². The Balaban J connectivity index is 0.000000204. The van der Waals surface area contributed by atoms with E-state index < -0.39 is 31.2 Å². The van der Waals surface area contributed by atoms with Crippen molar-refractivity contribution in [2.75, 3.05) is 118 Å². The molecule has 4 aliphatic heterocycles. The van der Waals surface area contributed by atoms with Gasteiger partial charge in [0.25, 0.3) is 0 Å². The number of likely N-dealkylation sites (tertiary alicyclic amines) is 4. The summed E-state index contributed by atoms with van der Waals surface area (Å²) in [6.45, 7) is 10.7. The summed E-state index contributed by atoms with van der Waals surface area (Å²) in [5.41, 5.74) is 1.28. The predicted octanol–water partition coefficient (Wildman–Crippen LogP) is 9.19. The molecular formula is C62H82Cl2F2N6O11S2. The molecule has 0 unspecified atom stereocenters. The highest BCUT2D eigenvalue weighted by atomic mass is 35.5. The molecule has 0 atom stereocenters. The zero-order chi connectivity index (χ0) is 60.4. The van der Waals surface area contributed by atoms with Crippen LogP contribution in [0.3, 0.4) is 0 Å². The Hall–Kier alpha value is -4.20. The maximum absolute atomic E-state index is 14.2. The van der Waals surface area contributed by atoms with Gasteiger partial charge in [-0.2, -0.15) is 8.61 Å². The quantitative estimate of drug-likeness (QED) is 0.0331. The molecule has 10 rings (SSSR count). The molecule has 2 amide bonds. The highest BCUT2D eigenvalue weighted by Crippen LogP contribution is 2.41. The maximum Gasteiger partial charge on any atom is 0.248 e. The van der Waals surface area contributed by atoms with Crippen LogP contribution in [0.15, 0.2) is 94.7 Å². The van der Waals surface area contributed by atoms with Gasteiger partial charge in [-0.15, -0.1) is 0 Å². The van der Waals surface area contributed by atoms with E-state index in [0.29, 0.717) is 94.8 Å². The summed E-state index contributed by atoms with van der Waals surface area (Å²) in [5.74, 6) is -1.00. The number of quaternary nitrogens is 1. The second kappa shape index (κ2) is 29.0. The fraction of sp³-hybridized carbons (Fsp3) is 0.581. The minimum absolute atomic E-state index is 0.0738. The smallest absolute Gasteiger partial charge is 0.248 e. The van der Waals surface area contributed by atoms with E-state index in [1.807, 2.05) is 12.1 Å². The molecule has 0 spiro atoms. The van der Waals surface area contributed by atoms with Crippen LogP contribution >= 0.6 is 23.2 Å². The van der Waals surface area contributed by atoms with Gasteiger partial charge in [0.15, 0.2) is 0 Å². The van der Waals surface area contributed by atoms with Gasteiger partial charge >= 0.3 is 0 Å². The monoisotopic (exact) mass is 1260 g/mol. The number of hydrogen-bond donors (Lipinski definition) is 0. The van der Waals surface area contributed by atoms with Crippen molar-refractivity contribution < 1.29 is 58.8 Å². The van der Waals surface area contributed by atoms with Crippen LogP contribution in [0.25, 0.3) is 0 Å². The van der Waals surface area contributed by atoms with Gasteiger partial charge in [-0.1, -0.05) is 71.7 Å². The molecule has 6 fully saturated rings. The lowest BCUT2D eigenvalue weighted by Gasteiger charge is -2.44. The first-order valence-electron chi connectivity index (χ1n) is 30.1. The molecule has 17 nitrogen and oxygen atoms in total. The van der Waals surface area contributed by atoms with Crippen LogP contribution in [-0.4, -0.2) is 187 Å². The van der Waals surface area contributed by atoms with Gasteiger partial charge in [-0.05, 0) is 150 Å². The number of hydroxylamine groups is 3. The number of amides is 2. The van der Waals surface area contributed by atoms with E-state index in [2.05, 4.69) is 4.90 Å². The van der Waals surface area contributed by atoms with E-state index >= 15 is 0 Å². The molecule has 23 heteroatoms. The molecular weight excluding hydrogens is 1180 g/mol. The largest absolute Gasteiger partial charge is 0.633 e. The fourth-order valence-corrected chi connectivity index (χ4v) is 17.3. The van der Waals surface area contributed by atoms with Gasteiger partial charge < -0.3 is 43.5 Å². The third-order valence-electron chi connectivity index (χ3n) is 17.5. The molecule has 85 heavy (non-hydrogen) atoms. The molecule has 4 aromatic carbocycles. The van der Waals surface area contributed by atoms with Gasteiger partial charge in [0, 0.05) is 70.7 Å². The molecule has 2 aliphatic carbocycles. The third kappa shape index (κ3) is 16.6. The van der Waals surface area contributed by atoms with Crippen LogP contribution in [0.4, 0.5) is 8.78 Å². The molecule has 4 aromatic rings. The number of rotatable bonds is 26. The number of ether oxygens (including phenoxy) is 4. The summed E-state index contributed by atoms with van der Waals surface area (Å²) in [6.07, 6.45) is 9.47. The van der Waals surface area contributed by atoms with Crippen molar-refractivity contribution in [2.45, 2.75) is 124 Å². The number of halogens is 4. The van der Waals surface area contributed by atoms with Crippen LogP contribution in [0.2, 0.25) is 10.0 Å². The summed E-state index contributed by atoms with van der Waals surface area (Å²) in [4.78, 5) is 32.2. The Morgan fingerprint density at radius 3 is 1.41 bits per heavy atom. The molecule has 0 N–H and O–H groups in total. The Bertz CT molecular complexity index is 3110.